The lowest BCUT2D eigenvalue weighted by molar-refractivity contribution is 0.112. The van der Waals surface area contributed by atoms with E-state index in [9.17, 15) is 0 Å². The van der Waals surface area contributed by atoms with Gasteiger partial charge in [-0.25, -0.2) is 0 Å². The molecule has 1 fully saturated rings. The molecule has 2 aromatic rings. The molecule has 2 aliphatic rings. The predicted octanol–water partition coefficient (Wildman–Crippen LogP) is 5.25. The molecule has 0 spiro atoms. The van der Waals surface area contributed by atoms with E-state index in [1.165, 1.54) is 16.6 Å². The second-order valence-electron chi connectivity index (χ2n) is 5.09. The fraction of sp³-hybridized carbons (Fsp3) is 0.286. The molecule has 0 amide bonds. The van der Waals surface area contributed by atoms with E-state index in [1.54, 1.807) is 7.11 Å². The first-order chi connectivity index (χ1) is 9.06. The zero-order valence-corrected chi connectivity index (χ0v) is 14.8. The number of fused-ring (bicyclic) bond motifs is 5. The number of nitrogens with zero attached hydrogens (tertiary/aromatic N) is 1. The summed E-state index contributed by atoms with van der Waals surface area (Å²) >= 11 is 10.9. The minimum atomic E-state index is -0.117. The average molecular weight is 448 g/mol. The van der Waals surface area contributed by atoms with Crippen molar-refractivity contribution in [2.75, 3.05) is 7.11 Å². The molecule has 0 radical (unpaired) electrons. The normalized spacial score (nSPS) is 28.0. The third-order valence-electron chi connectivity index (χ3n) is 4.16. The number of ether oxygens (including phenoxy) is 1. The monoisotopic (exact) mass is 445 g/mol. The number of hydrogen-bond donors (Lipinski definition) is 0. The summed E-state index contributed by atoms with van der Waals surface area (Å²) in [6, 6.07) is 6.51. The van der Waals surface area contributed by atoms with Crippen LogP contribution in [0.1, 0.15) is 18.0 Å². The quantitative estimate of drug-likeness (QED) is 0.582. The predicted molar refractivity (Wildman–Crippen MR) is 87.6 cm³/mol. The summed E-state index contributed by atoms with van der Waals surface area (Å²) < 4.78 is 11.3. The van der Waals surface area contributed by atoms with Gasteiger partial charge in [0.15, 0.2) is 0 Å². The number of hydrogen-bond acceptors (Lipinski definition) is 1. The molecule has 1 saturated carbocycles. The molecular formula is C14H10Br3NO. The van der Waals surface area contributed by atoms with Gasteiger partial charge in [-0.2, -0.15) is 0 Å². The van der Waals surface area contributed by atoms with E-state index in [0.717, 1.165) is 19.8 Å². The fourth-order valence-electron chi connectivity index (χ4n) is 3.11. The van der Waals surface area contributed by atoms with Crippen molar-refractivity contribution in [1.82, 2.24) is 4.57 Å². The van der Waals surface area contributed by atoms with Crippen LogP contribution >= 0.6 is 47.8 Å². The van der Waals surface area contributed by atoms with Crippen molar-refractivity contribution in [3.63, 3.8) is 0 Å². The molecule has 1 aliphatic heterocycles. The minimum absolute atomic E-state index is 0.117. The van der Waals surface area contributed by atoms with Gasteiger partial charge >= 0.3 is 0 Å². The highest BCUT2D eigenvalue weighted by molar-refractivity contribution is 9.12. The van der Waals surface area contributed by atoms with E-state index in [0.29, 0.717) is 5.92 Å². The van der Waals surface area contributed by atoms with Crippen molar-refractivity contribution < 1.29 is 4.74 Å². The number of halogens is 3. The third kappa shape index (κ3) is 1.56. The van der Waals surface area contributed by atoms with Crippen LogP contribution in [-0.2, 0) is 4.74 Å². The first-order valence-corrected chi connectivity index (χ1v) is 8.37. The van der Waals surface area contributed by atoms with Gasteiger partial charge in [-0.3, -0.25) is 0 Å². The van der Waals surface area contributed by atoms with Gasteiger partial charge in [-0.05, 0) is 40.5 Å². The molecule has 19 heavy (non-hydrogen) atoms. The molecule has 0 bridgehead atoms. The van der Waals surface area contributed by atoms with Gasteiger partial charge < -0.3 is 9.30 Å². The smallest absolute Gasteiger partial charge is 0.110 e. The lowest BCUT2D eigenvalue weighted by Gasteiger charge is -2.21. The Kier molecular flexibility index (Phi) is 2.64. The summed E-state index contributed by atoms with van der Waals surface area (Å²) in [5.41, 5.74) is 2.43. The highest BCUT2D eigenvalue weighted by atomic mass is 79.9. The van der Waals surface area contributed by atoms with E-state index < -0.39 is 0 Å². The lowest BCUT2D eigenvalue weighted by atomic mass is 10.1. The van der Waals surface area contributed by atoms with E-state index >= 15 is 0 Å². The Morgan fingerprint density at radius 3 is 2.79 bits per heavy atom. The van der Waals surface area contributed by atoms with Crippen LogP contribution in [0.3, 0.4) is 0 Å². The molecule has 0 saturated heterocycles. The molecular weight excluding hydrogens is 438 g/mol. The Bertz CT molecular complexity index is 749. The van der Waals surface area contributed by atoms with Crippen molar-refractivity contribution in [3.05, 3.63) is 37.3 Å². The largest absolute Gasteiger partial charge is 0.372 e. The van der Waals surface area contributed by atoms with Crippen LogP contribution in [0.2, 0.25) is 0 Å². The molecule has 0 unspecified atom stereocenters. The third-order valence-corrected chi connectivity index (χ3v) is 6.10. The molecule has 1 aromatic carbocycles. The van der Waals surface area contributed by atoms with Gasteiger partial charge in [0.05, 0.1) is 5.52 Å². The maximum absolute atomic E-state index is 5.72. The summed E-state index contributed by atoms with van der Waals surface area (Å²) in [5, 5.41) is 1.24. The van der Waals surface area contributed by atoms with Gasteiger partial charge in [0.2, 0.25) is 0 Å². The van der Waals surface area contributed by atoms with Crippen molar-refractivity contribution >= 4 is 64.9 Å². The average Bonchev–Trinajstić information content (AvgIpc) is 3.01. The van der Waals surface area contributed by atoms with Crippen molar-refractivity contribution in [2.45, 2.75) is 17.9 Å². The molecule has 0 N–H and O–H groups in total. The summed E-state index contributed by atoms with van der Waals surface area (Å²) in [4.78, 5) is 0. The maximum atomic E-state index is 5.72. The Balaban J connectivity index is 2.04. The molecule has 2 heterocycles. The van der Waals surface area contributed by atoms with Crippen molar-refractivity contribution in [2.24, 2.45) is 0 Å². The highest BCUT2D eigenvalue weighted by Gasteiger charge is 2.60. The number of aromatic nitrogens is 1. The fourth-order valence-corrected chi connectivity index (χ4v) is 5.37. The van der Waals surface area contributed by atoms with Gasteiger partial charge in [-0.1, -0.05) is 31.9 Å². The van der Waals surface area contributed by atoms with Crippen LogP contribution in [0.25, 0.3) is 17.1 Å². The van der Waals surface area contributed by atoms with Crippen LogP contribution in [0, 0.1) is 0 Å². The Hall–Kier alpha value is -0.100. The second-order valence-corrected chi connectivity index (χ2v) is 7.72. The summed E-state index contributed by atoms with van der Waals surface area (Å²) in [6.07, 6.45) is 3.19. The molecule has 2 atom stereocenters. The molecule has 4 rings (SSSR count). The highest BCUT2D eigenvalue weighted by Crippen LogP contribution is 2.63. The molecule has 5 heteroatoms. The Morgan fingerprint density at radius 1 is 1.26 bits per heavy atom. The molecule has 2 nitrogen and oxygen atoms in total. The van der Waals surface area contributed by atoms with Gasteiger partial charge in [0.25, 0.3) is 0 Å². The molecule has 1 aliphatic carbocycles. The van der Waals surface area contributed by atoms with E-state index in [4.69, 9.17) is 4.74 Å². The standard InChI is InChI=1S/C14H10Br3NO/c1-19-14-5-9(14)11-3-7-2-8(15)4-10(16)13(7)18(11)6-12(14)17/h2-4,6,9H,5H2,1H3/t9-,14+/m1/s1. The number of benzene rings is 1. The topological polar surface area (TPSA) is 14.2 Å². The van der Waals surface area contributed by atoms with E-state index in [1.807, 2.05) is 0 Å². The summed E-state index contributed by atoms with van der Waals surface area (Å²) in [6.45, 7) is 0. The van der Waals surface area contributed by atoms with Gasteiger partial charge in [0.1, 0.15) is 5.60 Å². The van der Waals surface area contributed by atoms with E-state index in [2.05, 4.69) is 76.8 Å². The summed E-state index contributed by atoms with van der Waals surface area (Å²) in [5.74, 6) is 0.454. The van der Waals surface area contributed by atoms with Crippen molar-refractivity contribution in [3.8, 4) is 0 Å². The first kappa shape index (κ1) is 12.6. The number of rotatable bonds is 1. The Labute approximate surface area is 136 Å². The zero-order chi connectivity index (χ0) is 13.4. The van der Waals surface area contributed by atoms with Crippen LogP contribution in [0.15, 0.2) is 31.6 Å². The molecule has 98 valence electrons. The SMILES string of the molecule is CO[C@@]12C[C@@H]1c1cc3cc(Br)cc(Br)c3n1C=C2Br. The van der Waals surface area contributed by atoms with Crippen LogP contribution in [-0.4, -0.2) is 17.3 Å². The minimum Gasteiger partial charge on any atom is -0.372 e. The maximum Gasteiger partial charge on any atom is 0.110 e. The van der Waals surface area contributed by atoms with Crippen molar-refractivity contribution in [1.29, 1.82) is 0 Å². The van der Waals surface area contributed by atoms with Gasteiger partial charge in [0, 0.05) is 43.7 Å². The second kappa shape index (κ2) is 3.97. The number of methoxy groups -OCH3 is 1. The van der Waals surface area contributed by atoms with Crippen LogP contribution < -0.4 is 0 Å². The lowest BCUT2D eigenvalue weighted by Crippen LogP contribution is -2.19. The van der Waals surface area contributed by atoms with Crippen LogP contribution in [0.4, 0.5) is 0 Å². The Morgan fingerprint density at radius 2 is 2.05 bits per heavy atom. The van der Waals surface area contributed by atoms with E-state index in [-0.39, 0.29) is 5.60 Å². The molecule has 1 aromatic heterocycles. The summed E-state index contributed by atoms with van der Waals surface area (Å²) in [7, 11) is 1.79. The van der Waals surface area contributed by atoms with Crippen LogP contribution in [0.5, 0.6) is 0 Å². The van der Waals surface area contributed by atoms with Gasteiger partial charge in [-0.15, -0.1) is 0 Å². The zero-order valence-electron chi connectivity index (χ0n) is 10.1. The first-order valence-electron chi connectivity index (χ1n) is 5.99.